The molecule has 0 amide bonds. The minimum absolute atomic E-state index is 0.0186. The number of nitrogens with zero attached hydrogens (tertiary/aromatic N) is 4. The highest BCUT2D eigenvalue weighted by Gasteiger charge is 2.47. The number of phenols is 1. The molecule has 4 heterocycles. The molecule has 2 bridgehead atoms. The van der Waals surface area contributed by atoms with Crippen molar-refractivity contribution in [3.63, 3.8) is 0 Å². The van der Waals surface area contributed by atoms with Crippen LogP contribution in [0.5, 0.6) is 11.8 Å². The maximum absolute atomic E-state index is 16.7. The van der Waals surface area contributed by atoms with Gasteiger partial charge in [0.1, 0.15) is 22.9 Å². The fraction of sp³-hybridized carbons (Fsp3) is 0.455. The van der Waals surface area contributed by atoms with E-state index in [1.54, 1.807) is 30.3 Å². The number of hydrogen-bond acceptors (Lipinski definition) is 10. The predicted octanol–water partition coefficient (Wildman–Crippen LogP) is 2.81. The van der Waals surface area contributed by atoms with Gasteiger partial charge in [0.15, 0.2) is 5.82 Å². The van der Waals surface area contributed by atoms with Crippen LogP contribution >= 0.6 is 0 Å². The van der Waals surface area contributed by atoms with E-state index >= 15 is 8.78 Å². The summed E-state index contributed by atoms with van der Waals surface area (Å²) < 4.78 is 44.5. The number of benzene rings is 3. The molecule has 10 nitrogen and oxygen atoms in total. The van der Waals surface area contributed by atoms with Gasteiger partial charge in [-0.2, -0.15) is 9.97 Å². The number of aliphatic hydroxyl groups is 2. The molecule has 4 fully saturated rings. The van der Waals surface area contributed by atoms with Gasteiger partial charge in [-0.25, -0.2) is 8.78 Å². The normalized spacial score (nSPS) is 26.1. The monoisotopic (exact) mass is 619 g/mol. The summed E-state index contributed by atoms with van der Waals surface area (Å²) in [5.74, 6) is -1.55. The van der Waals surface area contributed by atoms with Gasteiger partial charge in [-0.05, 0) is 47.4 Å². The van der Waals surface area contributed by atoms with Crippen LogP contribution < -0.4 is 15.0 Å². The van der Waals surface area contributed by atoms with E-state index in [0.29, 0.717) is 30.6 Å². The van der Waals surface area contributed by atoms with E-state index in [9.17, 15) is 15.3 Å². The van der Waals surface area contributed by atoms with Crippen molar-refractivity contribution < 1.29 is 33.6 Å². The summed E-state index contributed by atoms with van der Waals surface area (Å²) in [6.07, 6.45) is 0.0437. The zero-order valence-corrected chi connectivity index (χ0v) is 24.6. The van der Waals surface area contributed by atoms with Crippen LogP contribution in [0.2, 0.25) is 0 Å². The Morgan fingerprint density at radius 2 is 1.71 bits per heavy atom. The molecule has 0 radical (unpaired) electrons. The molecule has 236 valence electrons. The van der Waals surface area contributed by atoms with Gasteiger partial charge in [0.2, 0.25) is 0 Å². The van der Waals surface area contributed by atoms with Crippen LogP contribution in [0.4, 0.5) is 14.6 Å². The number of morpholine rings is 1. The first-order chi connectivity index (χ1) is 21.8. The number of rotatable bonds is 7. The average Bonchev–Trinajstić information content (AvgIpc) is 3.78. The van der Waals surface area contributed by atoms with Crippen molar-refractivity contribution in [1.29, 1.82) is 0 Å². The second kappa shape index (κ2) is 11.0. The summed E-state index contributed by atoms with van der Waals surface area (Å²) >= 11 is 0. The number of anilines is 1. The average molecular weight is 620 g/mol. The number of fused-ring (bicyclic) bond motifs is 4. The summed E-state index contributed by atoms with van der Waals surface area (Å²) in [7, 11) is 0. The number of phenolic OH excluding ortho intramolecular Hbond substituents is 1. The molecule has 3 aliphatic heterocycles. The highest BCUT2D eigenvalue weighted by atomic mass is 19.1. The fourth-order valence-electron chi connectivity index (χ4n) is 7.18. The van der Waals surface area contributed by atoms with Gasteiger partial charge in [-0.3, -0.25) is 4.90 Å². The largest absolute Gasteiger partial charge is 0.508 e. The Morgan fingerprint density at radius 3 is 2.44 bits per heavy atom. The minimum Gasteiger partial charge on any atom is -0.508 e. The molecule has 4 atom stereocenters. The van der Waals surface area contributed by atoms with Crippen LogP contribution in [-0.2, 0) is 4.74 Å². The first-order valence-corrected chi connectivity index (χ1v) is 15.5. The Balaban J connectivity index is 1.22. The third-order valence-corrected chi connectivity index (χ3v) is 9.82. The number of piperazine rings is 1. The van der Waals surface area contributed by atoms with E-state index in [-0.39, 0.29) is 58.1 Å². The van der Waals surface area contributed by atoms with Crippen LogP contribution in [0.15, 0.2) is 42.5 Å². The number of nitrogens with one attached hydrogen (secondary N) is 1. The molecule has 3 saturated heterocycles. The van der Waals surface area contributed by atoms with E-state index in [0.717, 1.165) is 32.5 Å². The molecule has 4 unspecified atom stereocenters. The number of halogens is 2. The molecular formula is C33H35F2N5O5. The lowest BCUT2D eigenvalue weighted by molar-refractivity contribution is 0.0231. The van der Waals surface area contributed by atoms with Gasteiger partial charge in [0, 0.05) is 43.5 Å². The van der Waals surface area contributed by atoms with E-state index in [1.807, 2.05) is 4.90 Å². The molecule has 4 aliphatic rings. The lowest BCUT2D eigenvalue weighted by Gasteiger charge is -2.34. The molecule has 0 spiro atoms. The van der Waals surface area contributed by atoms with Crippen LogP contribution in [0.25, 0.3) is 32.8 Å². The van der Waals surface area contributed by atoms with Gasteiger partial charge in [0.25, 0.3) is 0 Å². The summed E-state index contributed by atoms with van der Waals surface area (Å²) in [6, 6.07) is 10.3. The van der Waals surface area contributed by atoms with E-state index in [2.05, 4.69) is 15.2 Å². The maximum Gasteiger partial charge on any atom is 0.319 e. The Labute approximate surface area is 258 Å². The maximum atomic E-state index is 16.7. The van der Waals surface area contributed by atoms with Crippen molar-refractivity contribution >= 4 is 27.5 Å². The van der Waals surface area contributed by atoms with Crippen molar-refractivity contribution in [2.45, 2.75) is 37.1 Å². The van der Waals surface area contributed by atoms with Gasteiger partial charge < -0.3 is 35.0 Å². The van der Waals surface area contributed by atoms with Crippen molar-refractivity contribution in [3.8, 4) is 22.9 Å². The molecule has 1 aromatic heterocycles. The van der Waals surface area contributed by atoms with Crippen LogP contribution in [-0.4, -0.2) is 107 Å². The van der Waals surface area contributed by atoms with Crippen molar-refractivity contribution in [1.82, 2.24) is 20.2 Å². The number of aliphatic hydroxyl groups excluding tert-OH is 2. The third kappa shape index (κ3) is 5.14. The molecule has 8 rings (SSSR count). The van der Waals surface area contributed by atoms with Crippen molar-refractivity contribution in [3.05, 3.63) is 54.1 Å². The SMILES string of the molecule is Oc1cc(-c2c(F)cc3c(N4CC5NC(C4)C(O)C5O)nc(OCC4(CN5CCOCC5)CC4)nc3c2F)c2ccccc2c1. The van der Waals surface area contributed by atoms with Gasteiger partial charge in [0.05, 0.1) is 49.7 Å². The second-order valence-electron chi connectivity index (χ2n) is 12.9. The zero-order valence-electron chi connectivity index (χ0n) is 24.6. The first kappa shape index (κ1) is 28.8. The summed E-state index contributed by atoms with van der Waals surface area (Å²) in [6.45, 7) is 4.89. The van der Waals surface area contributed by atoms with E-state index in [4.69, 9.17) is 14.5 Å². The zero-order chi connectivity index (χ0) is 30.9. The fourth-order valence-corrected chi connectivity index (χ4v) is 7.18. The lowest BCUT2D eigenvalue weighted by Crippen LogP contribution is -2.53. The molecule has 4 N–H and O–H groups in total. The van der Waals surface area contributed by atoms with E-state index in [1.165, 1.54) is 12.1 Å². The molecule has 1 aliphatic carbocycles. The lowest BCUT2D eigenvalue weighted by atomic mass is 9.95. The summed E-state index contributed by atoms with van der Waals surface area (Å²) in [4.78, 5) is 13.4. The molecule has 45 heavy (non-hydrogen) atoms. The van der Waals surface area contributed by atoms with Crippen molar-refractivity contribution in [2.24, 2.45) is 5.41 Å². The van der Waals surface area contributed by atoms with Crippen LogP contribution in [0.3, 0.4) is 0 Å². The third-order valence-electron chi connectivity index (χ3n) is 9.82. The summed E-state index contributed by atoms with van der Waals surface area (Å²) in [5, 5.41) is 36.1. The molecule has 1 saturated carbocycles. The van der Waals surface area contributed by atoms with Crippen molar-refractivity contribution in [2.75, 3.05) is 57.4 Å². The highest BCUT2D eigenvalue weighted by Crippen LogP contribution is 2.47. The molecule has 3 aromatic carbocycles. The topological polar surface area (TPSA) is 123 Å². The van der Waals surface area contributed by atoms with Crippen LogP contribution in [0, 0.1) is 17.0 Å². The summed E-state index contributed by atoms with van der Waals surface area (Å²) in [5.41, 5.74) is -0.254. The number of hydrogen-bond donors (Lipinski definition) is 4. The Kier molecular flexibility index (Phi) is 7.03. The predicted molar refractivity (Wildman–Crippen MR) is 163 cm³/mol. The highest BCUT2D eigenvalue weighted by molar-refractivity contribution is 6.01. The Bertz CT molecular complexity index is 1770. The van der Waals surface area contributed by atoms with Crippen LogP contribution in [0.1, 0.15) is 12.8 Å². The first-order valence-electron chi connectivity index (χ1n) is 15.5. The molecule has 12 heteroatoms. The standard InChI is InChI=1S/C33H35F2N5O5/c34-23-13-22-28(27(35)26(23)21-12-19(41)11-18-3-1-2-4-20(18)21)37-32(45-17-33(5-6-33)16-39-7-9-44-10-8-39)38-31(22)40-14-24-29(42)30(43)25(15-40)36-24/h1-4,11-13,24-25,29-30,36,41-43H,5-10,14-17H2. The Morgan fingerprint density at radius 1 is 0.978 bits per heavy atom. The van der Waals surface area contributed by atoms with Gasteiger partial charge >= 0.3 is 6.01 Å². The second-order valence-corrected chi connectivity index (χ2v) is 12.9. The Hall–Kier alpha value is -3.68. The number of aromatic nitrogens is 2. The number of ether oxygens (including phenoxy) is 2. The smallest absolute Gasteiger partial charge is 0.319 e. The van der Waals surface area contributed by atoms with Gasteiger partial charge in [-0.1, -0.05) is 24.3 Å². The number of aromatic hydroxyl groups is 1. The molecule has 4 aromatic rings. The van der Waals surface area contributed by atoms with E-state index < -0.39 is 35.9 Å². The quantitative estimate of drug-likeness (QED) is 0.246. The minimum atomic E-state index is -0.974. The molecular weight excluding hydrogens is 584 g/mol. The van der Waals surface area contributed by atoms with Gasteiger partial charge in [-0.15, -0.1) is 0 Å².